The normalized spacial score (nSPS) is 10.4. The predicted molar refractivity (Wildman–Crippen MR) is 68.5 cm³/mol. The molecule has 17 heavy (non-hydrogen) atoms. The van der Waals surface area contributed by atoms with E-state index in [1.54, 1.807) is 7.05 Å². The van der Waals surface area contributed by atoms with E-state index in [2.05, 4.69) is 0 Å². The van der Waals surface area contributed by atoms with Gasteiger partial charge in [0, 0.05) is 12.7 Å². The molecule has 0 aliphatic rings. The average Bonchev–Trinajstić information content (AvgIpc) is 2.28. The van der Waals surface area contributed by atoms with Crippen molar-refractivity contribution in [1.82, 2.24) is 4.90 Å². The summed E-state index contributed by atoms with van der Waals surface area (Å²) in [7, 11) is 1.70. The van der Waals surface area contributed by atoms with Crippen molar-refractivity contribution >= 4 is 11.8 Å². The lowest BCUT2D eigenvalue weighted by atomic mass is 10.2. The molecule has 0 heterocycles. The van der Waals surface area contributed by atoms with Crippen LogP contribution in [-0.4, -0.2) is 24.6 Å². The molecule has 0 spiro atoms. The summed E-state index contributed by atoms with van der Waals surface area (Å²) in [4.78, 5) is 13.1. The summed E-state index contributed by atoms with van der Waals surface area (Å²) in [6.07, 6.45) is -0.318. The van der Waals surface area contributed by atoms with E-state index < -0.39 is 0 Å². The van der Waals surface area contributed by atoms with Gasteiger partial charge in [0.2, 0.25) is 0 Å². The Kier molecular flexibility index (Phi) is 4.82. The minimum absolute atomic E-state index is 0.318. The van der Waals surface area contributed by atoms with Crippen LogP contribution < -0.4 is 5.73 Å². The summed E-state index contributed by atoms with van der Waals surface area (Å²) in [5, 5.41) is 0. The highest BCUT2D eigenvalue weighted by Gasteiger charge is 2.12. The fourth-order valence-corrected chi connectivity index (χ4v) is 1.35. The molecule has 1 aromatic rings. The van der Waals surface area contributed by atoms with E-state index in [0.29, 0.717) is 24.8 Å². The molecule has 2 N–H and O–H groups in total. The summed E-state index contributed by atoms with van der Waals surface area (Å²) in [5.41, 5.74) is 7.43. The van der Waals surface area contributed by atoms with Gasteiger partial charge in [0.05, 0.1) is 13.2 Å². The lowest BCUT2D eigenvalue weighted by Gasteiger charge is -2.18. The minimum atomic E-state index is -0.318. The van der Waals surface area contributed by atoms with Crippen LogP contribution in [-0.2, 0) is 11.3 Å². The molecule has 0 saturated carbocycles. The maximum atomic E-state index is 11.6. The van der Waals surface area contributed by atoms with E-state index in [4.69, 9.17) is 10.5 Å². The number of rotatable bonds is 4. The summed E-state index contributed by atoms with van der Waals surface area (Å²) in [6.45, 7) is 4.90. The van der Waals surface area contributed by atoms with Crippen LogP contribution in [0.4, 0.5) is 10.5 Å². The van der Waals surface area contributed by atoms with Gasteiger partial charge >= 0.3 is 6.09 Å². The van der Waals surface area contributed by atoms with Crippen LogP contribution in [0.25, 0.3) is 0 Å². The summed E-state index contributed by atoms with van der Waals surface area (Å²) >= 11 is 0. The van der Waals surface area contributed by atoms with Gasteiger partial charge < -0.3 is 15.4 Å². The summed E-state index contributed by atoms with van der Waals surface area (Å²) < 4.78 is 5.12. The molecule has 0 aliphatic carbocycles. The second kappa shape index (κ2) is 6.13. The third kappa shape index (κ3) is 4.34. The van der Waals surface area contributed by atoms with Gasteiger partial charge in [-0.1, -0.05) is 32.0 Å². The lowest BCUT2D eigenvalue weighted by Crippen LogP contribution is -2.28. The number of para-hydroxylation sites is 1. The molecule has 1 amide bonds. The molecular weight excluding hydrogens is 216 g/mol. The summed E-state index contributed by atoms with van der Waals surface area (Å²) in [5.74, 6) is 0.342. The number of benzene rings is 1. The van der Waals surface area contributed by atoms with Crippen LogP contribution in [0.3, 0.4) is 0 Å². The number of anilines is 1. The Balaban J connectivity index is 2.51. The second-order valence-electron chi connectivity index (χ2n) is 4.53. The van der Waals surface area contributed by atoms with E-state index in [1.807, 2.05) is 38.1 Å². The lowest BCUT2D eigenvalue weighted by molar-refractivity contribution is 0.0981. The summed E-state index contributed by atoms with van der Waals surface area (Å²) in [6, 6.07) is 7.50. The molecule has 0 aliphatic heterocycles. The highest BCUT2D eigenvalue weighted by molar-refractivity contribution is 5.67. The Morgan fingerprint density at radius 3 is 2.65 bits per heavy atom. The number of carbonyl (C=O) groups excluding carboxylic acids is 1. The molecule has 94 valence electrons. The molecule has 1 aromatic carbocycles. The molecular formula is C13H20N2O2. The molecule has 0 aromatic heterocycles. The molecule has 1 rings (SSSR count). The molecule has 0 unspecified atom stereocenters. The molecule has 0 saturated heterocycles. The van der Waals surface area contributed by atoms with E-state index >= 15 is 0 Å². The Labute approximate surface area is 102 Å². The first-order valence-electron chi connectivity index (χ1n) is 5.72. The predicted octanol–water partition coefficient (Wildman–Crippen LogP) is 2.49. The van der Waals surface area contributed by atoms with Crippen LogP contribution >= 0.6 is 0 Å². The van der Waals surface area contributed by atoms with Gasteiger partial charge in [0.25, 0.3) is 0 Å². The maximum Gasteiger partial charge on any atom is 0.409 e. The van der Waals surface area contributed by atoms with Crippen molar-refractivity contribution in [1.29, 1.82) is 0 Å². The van der Waals surface area contributed by atoms with Gasteiger partial charge in [-0.2, -0.15) is 0 Å². The van der Waals surface area contributed by atoms with Crippen molar-refractivity contribution in [3.63, 3.8) is 0 Å². The number of hydrogen-bond acceptors (Lipinski definition) is 3. The molecule has 0 radical (unpaired) electrons. The number of carbonyl (C=O) groups is 1. The fourth-order valence-electron chi connectivity index (χ4n) is 1.35. The first-order chi connectivity index (χ1) is 8.00. The second-order valence-corrected chi connectivity index (χ2v) is 4.53. The van der Waals surface area contributed by atoms with Crippen molar-refractivity contribution in [3.05, 3.63) is 29.8 Å². The average molecular weight is 236 g/mol. The molecule has 0 atom stereocenters. The molecule has 4 heteroatoms. The zero-order valence-electron chi connectivity index (χ0n) is 10.6. The maximum absolute atomic E-state index is 11.6. The number of nitrogens with zero attached hydrogens (tertiary/aromatic N) is 1. The standard InChI is InChI=1S/C13H20N2O2/c1-10(2)9-17-13(16)15(3)8-11-6-4-5-7-12(11)14/h4-7,10H,8-9,14H2,1-3H3. The van der Waals surface area contributed by atoms with Gasteiger partial charge in [0.1, 0.15) is 0 Å². The third-order valence-electron chi connectivity index (χ3n) is 2.31. The highest BCUT2D eigenvalue weighted by atomic mass is 16.6. The van der Waals surface area contributed by atoms with Crippen LogP contribution in [0.1, 0.15) is 19.4 Å². The largest absolute Gasteiger partial charge is 0.449 e. The van der Waals surface area contributed by atoms with Gasteiger partial charge in [-0.3, -0.25) is 0 Å². The van der Waals surface area contributed by atoms with Crippen molar-refractivity contribution in [2.24, 2.45) is 5.92 Å². The molecule has 0 bridgehead atoms. The van der Waals surface area contributed by atoms with Crippen molar-refractivity contribution in [2.45, 2.75) is 20.4 Å². The number of nitrogens with two attached hydrogens (primary N) is 1. The van der Waals surface area contributed by atoms with Gasteiger partial charge in [-0.15, -0.1) is 0 Å². The van der Waals surface area contributed by atoms with Gasteiger partial charge in [0.15, 0.2) is 0 Å². The zero-order valence-corrected chi connectivity index (χ0v) is 10.6. The monoisotopic (exact) mass is 236 g/mol. The van der Waals surface area contributed by atoms with Gasteiger partial charge in [-0.25, -0.2) is 4.79 Å². The Hall–Kier alpha value is -1.71. The number of ether oxygens (including phenoxy) is 1. The van der Waals surface area contributed by atoms with Crippen LogP contribution in [0, 0.1) is 5.92 Å². The third-order valence-corrected chi connectivity index (χ3v) is 2.31. The Morgan fingerprint density at radius 2 is 2.06 bits per heavy atom. The Morgan fingerprint density at radius 1 is 1.41 bits per heavy atom. The van der Waals surface area contributed by atoms with Crippen LogP contribution in [0.2, 0.25) is 0 Å². The molecule has 4 nitrogen and oxygen atoms in total. The number of hydrogen-bond donors (Lipinski definition) is 1. The zero-order chi connectivity index (χ0) is 12.8. The number of nitrogen functional groups attached to an aromatic ring is 1. The van der Waals surface area contributed by atoms with Crippen LogP contribution in [0.15, 0.2) is 24.3 Å². The SMILES string of the molecule is CC(C)COC(=O)N(C)Cc1ccccc1N. The van der Waals surface area contributed by atoms with Gasteiger partial charge in [-0.05, 0) is 17.5 Å². The Bertz CT molecular complexity index is 377. The highest BCUT2D eigenvalue weighted by Crippen LogP contribution is 2.13. The quantitative estimate of drug-likeness (QED) is 0.817. The molecule has 0 fully saturated rings. The van der Waals surface area contributed by atoms with E-state index in [9.17, 15) is 4.79 Å². The first-order valence-corrected chi connectivity index (χ1v) is 5.72. The smallest absolute Gasteiger partial charge is 0.409 e. The topological polar surface area (TPSA) is 55.6 Å². The minimum Gasteiger partial charge on any atom is -0.449 e. The van der Waals surface area contributed by atoms with E-state index in [1.165, 1.54) is 4.90 Å². The van der Waals surface area contributed by atoms with Crippen molar-refractivity contribution in [2.75, 3.05) is 19.4 Å². The van der Waals surface area contributed by atoms with Crippen molar-refractivity contribution < 1.29 is 9.53 Å². The van der Waals surface area contributed by atoms with Crippen LogP contribution in [0.5, 0.6) is 0 Å². The van der Waals surface area contributed by atoms with Crippen molar-refractivity contribution in [3.8, 4) is 0 Å². The first kappa shape index (κ1) is 13.4. The fraction of sp³-hybridized carbons (Fsp3) is 0.462. The van der Waals surface area contributed by atoms with E-state index in [-0.39, 0.29) is 6.09 Å². The number of amides is 1. The van der Waals surface area contributed by atoms with E-state index in [0.717, 1.165) is 5.56 Å².